The number of hydrogen-bond donors (Lipinski definition) is 3. The van der Waals surface area contributed by atoms with Gasteiger partial charge in [-0.25, -0.2) is 0 Å². The first-order valence-corrected chi connectivity index (χ1v) is 5.74. The molecule has 1 aromatic rings. The van der Waals surface area contributed by atoms with Gasteiger partial charge in [0.1, 0.15) is 5.82 Å². The van der Waals surface area contributed by atoms with E-state index >= 15 is 0 Å². The van der Waals surface area contributed by atoms with Gasteiger partial charge in [0.2, 0.25) is 11.9 Å². The Morgan fingerprint density at radius 1 is 1.20 bits per heavy atom. The zero-order valence-electron chi connectivity index (χ0n) is 8.68. The third-order valence-electron chi connectivity index (χ3n) is 1.79. The third-order valence-corrected chi connectivity index (χ3v) is 3.02. The van der Waals surface area contributed by atoms with Crippen LogP contribution in [0.4, 0.5) is 11.9 Å². The Bertz CT molecular complexity index is 298. The molecule has 6 N–H and O–H groups in total. The molecule has 0 aliphatic heterocycles. The zero-order valence-corrected chi connectivity index (χ0v) is 9.50. The summed E-state index contributed by atoms with van der Waals surface area (Å²) >= 11 is 1.73. The lowest BCUT2D eigenvalue weighted by atomic mass is 10.3. The Labute approximate surface area is 93.1 Å². The molecule has 0 amide bonds. The Hall–Kier alpha value is -1.08. The minimum absolute atomic E-state index is 0.171. The molecule has 84 valence electrons. The number of aromatic nitrogens is 3. The standard InChI is InChI=1S/C8H16N6S/c1-5(2-3-9)15-4-6-12-7(10)14-8(11)13-6/h5H,2-4,9H2,1H3,(H4,10,11,12,13,14). The van der Waals surface area contributed by atoms with E-state index in [1.807, 2.05) is 0 Å². The number of nitrogen functional groups attached to an aromatic ring is 2. The molecule has 6 nitrogen and oxygen atoms in total. The van der Waals surface area contributed by atoms with Crippen molar-refractivity contribution in [2.45, 2.75) is 24.3 Å². The van der Waals surface area contributed by atoms with Crippen molar-refractivity contribution < 1.29 is 0 Å². The SMILES string of the molecule is CC(CCN)SCc1nc(N)nc(N)n1. The lowest BCUT2D eigenvalue weighted by molar-refractivity contribution is 0.821. The van der Waals surface area contributed by atoms with Crippen LogP contribution in [-0.2, 0) is 5.75 Å². The van der Waals surface area contributed by atoms with Gasteiger partial charge in [-0.05, 0) is 13.0 Å². The van der Waals surface area contributed by atoms with Gasteiger partial charge < -0.3 is 17.2 Å². The second kappa shape index (κ2) is 5.72. The summed E-state index contributed by atoms with van der Waals surface area (Å²) in [6.07, 6.45) is 0.973. The monoisotopic (exact) mass is 228 g/mol. The van der Waals surface area contributed by atoms with E-state index in [0.29, 0.717) is 23.4 Å². The summed E-state index contributed by atoms with van der Waals surface area (Å²) in [5, 5.41) is 0.481. The van der Waals surface area contributed by atoms with Gasteiger partial charge in [0, 0.05) is 5.25 Å². The number of thioether (sulfide) groups is 1. The van der Waals surface area contributed by atoms with Crippen molar-refractivity contribution >= 4 is 23.7 Å². The van der Waals surface area contributed by atoms with Crippen LogP contribution >= 0.6 is 11.8 Å². The third kappa shape index (κ3) is 4.30. The van der Waals surface area contributed by atoms with Crippen molar-refractivity contribution in [1.82, 2.24) is 15.0 Å². The average molecular weight is 228 g/mol. The highest BCUT2D eigenvalue weighted by Gasteiger charge is 2.05. The second-order valence-electron chi connectivity index (χ2n) is 3.17. The van der Waals surface area contributed by atoms with Crippen LogP contribution < -0.4 is 17.2 Å². The Morgan fingerprint density at radius 2 is 1.80 bits per heavy atom. The molecule has 0 aromatic carbocycles. The molecule has 0 radical (unpaired) electrons. The van der Waals surface area contributed by atoms with Gasteiger partial charge in [-0.3, -0.25) is 0 Å². The minimum Gasteiger partial charge on any atom is -0.368 e. The van der Waals surface area contributed by atoms with E-state index in [1.165, 1.54) is 0 Å². The summed E-state index contributed by atoms with van der Waals surface area (Å²) in [5.74, 6) is 1.64. The maximum absolute atomic E-state index is 5.45. The Balaban J connectivity index is 2.50. The summed E-state index contributed by atoms with van der Waals surface area (Å²) in [7, 11) is 0. The summed E-state index contributed by atoms with van der Waals surface area (Å²) < 4.78 is 0. The molecule has 1 unspecified atom stereocenters. The molecule has 0 spiro atoms. The molecule has 1 aromatic heterocycles. The highest BCUT2D eigenvalue weighted by Crippen LogP contribution is 2.17. The molecular weight excluding hydrogens is 212 g/mol. The minimum atomic E-state index is 0.171. The van der Waals surface area contributed by atoms with E-state index in [2.05, 4.69) is 21.9 Å². The van der Waals surface area contributed by atoms with Gasteiger partial charge >= 0.3 is 0 Å². The highest BCUT2D eigenvalue weighted by molar-refractivity contribution is 7.99. The molecule has 0 fully saturated rings. The zero-order chi connectivity index (χ0) is 11.3. The van der Waals surface area contributed by atoms with E-state index in [4.69, 9.17) is 17.2 Å². The molecular formula is C8H16N6S. The summed E-state index contributed by atoms with van der Waals surface area (Å²) in [5.41, 5.74) is 16.4. The van der Waals surface area contributed by atoms with Crippen molar-refractivity contribution in [3.63, 3.8) is 0 Å². The Morgan fingerprint density at radius 3 is 2.33 bits per heavy atom. The van der Waals surface area contributed by atoms with Crippen molar-refractivity contribution in [2.75, 3.05) is 18.0 Å². The van der Waals surface area contributed by atoms with Crippen LogP contribution in [0.1, 0.15) is 19.2 Å². The van der Waals surface area contributed by atoms with E-state index in [9.17, 15) is 0 Å². The molecule has 0 aliphatic rings. The largest absolute Gasteiger partial charge is 0.368 e. The van der Waals surface area contributed by atoms with Crippen LogP contribution in [0, 0.1) is 0 Å². The normalized spacial score (nSPS) is 12.7. The molecule has 7 heteroatoms. The number of anilines is 2. The smallest absolute Gasteiger partial charge is 0.225 e. The highest BCUT2D eigenvalue weighted by atomic mass is 32.2. The van der Waals surface area contributed by atoms with Crippen LogP contribution in [-0.4, -0.2) is 26.7 Å². The summed E-state index contributed by atoms with van der Waals surface area (Å²) in [4.78, 5) is 11.7. The fraction of sp³-hybridized carbons (Fsp3) is 0.625. The summed E-state index contributed by atoms with van der Waals surface area (Å²) in [6, 6.07) is 0. The maximum Gasteiger partial charge on any atom is 0.225 e. The second-order valence-corrected chi connectivity index (χ2v) is 4.59. The molecule has 1 heterocycles. The quantitative estimate of drug-likeness (QED) is 0.649. The van der Waals surface area contributed by atoms with Crippen LogP contribution in [0.3, 0.4) is 0 Å². The lowest BCUT2D eigenvalue weighted by Gasteiger charge is -2.08. The molecule has 1 atom stereocenters. The van der Waals surface area contributed by atoms with E-state index in [1.54, 1.807) is 11.8 Å². The Kier molecular flexibility index (Phi) is 4.57. The molecule has 0 bridgehead atoms. The van der Waals surface area contributed by atoms with Crippen LogP contribution in [0.25, 0.3) is 0 Å². The predicted octanol–water partition coefficient (Wildman–Crippen LogP) is 0.00650. The van der Waals surface area contributed by atoms with Gasteiger partial charge in [0.25, 0.3) is 0 Å². The van der Waals surface area contributed by atoms with Crippen molar-refractivity contribution in [3.05, 3.63) is 5.82 Å². The molecule has 0 aliphatic carbocycles. The number of rotatable bonds is 5. The van der Waals surface area contributed by atoms with Gasteiger partial charge in [-0.15, -0.1) is 0 Å². The van der Waals surface area contributed by atoms with E-state index < -0.39 is 0 Å². The number of hydrogen-bond acceptors (Lipinski definition) is 7. The van der Waals surface area contributed by atoms with Gasteiger partial charge in [-0.1, -0.05) is 6.92 Å². The van der Waals surface area contributed by atoms with Crippen LogP contribution in [0.5, 0.6) is 0 Å². The molecule has 0 saturated heterocycles. The summed E-state index contributed by atoms with van der Waals surface area (Å²) in [6.45, 7) is 2.81. The van der Waals surface area contributed by atoms with Gasteiger partial charge in [-0.2, -0.15) is 26.7 Å². The van der Waals surface area contributed by atoms with Gasteiger partial charge in [0.15, 0.2) is 0 Å². The molecule has 15 heavy (non-hydrogen) atoms. The van der Waals surface area contributed by atoms with Crippen LogP contribution in [0.15, 0.2) is 0 Å². The average Bonchev–Trinajstić information content (AvgIpc) is 2.14. The first-order chi connectivity index (χ1) is 7.11. The molecule has 0 saturated carbocycles. The predicted molar refractivity (Wildman–Crippen MR) is 63.1 cm³/mol. The van der Waals surface area contributed by atoms with Gasteiger partial charge in [0.05, 0.1) is 5.75 Å². The topological polar surface area (TPSA) is 117 Å². The fourth-order valence-electron chi connectivity index (χ4n) is 1.06. The van der Waals surface area contributed by atoms with E-state index in [-0.39, 0.29) is 11.9 Å². The first-order valence-electron chi connectivity index (χ1n) is 4.69. The van der Waals surface area contributed by atoms with E-state index in [0.717, 1.165) is 6.42 Å². The van der Waals surface area contributed by atoms with Crippen molar-refractivity contribution in [1.29, 1.82) is 0 Å². The first kappa shape index (κ1) is 12.0. The number of nitrogens with zero attached hydrogens (tertiary/aromatic N) is 3. The fourth-order valence-corrected chi connectivity index (χ4v) is 1.92. The number of nitrogens with two attached hydrogens (primary N) is 3. The molecule has 1 rings (SSSR count). The van der Waals surface area contributed by atoms with Crippen LogP contribution in [0.2, 0.25) is 0 Å². The maximum atomic E-state index is 5.45. The lowest BCUT2D eigenvalue weighted by Crippen LogP contribution is -2.09. The van der Waals surface area contributed by atoms with Crippen molar-refractivity contribution in [3.8, 4) is 0 Å². The van der Waals surface area contributed by atoms with Crippen molar-refractivity contribution in [2.24, 2.45) is 5.73 Å².